The van der Waals surface area contributed by atoms with E-state index in [1.807, 2.05) is 24.0 Å². The summed E-state index contributed by atoms with van der Waals surface area (Å²) in [7, 11) is 4.80. The first kappa shape index (κ1) is 17.3. The number of benzene rings is 1. The third-order valence-electron chi connectivity index (χ3n) is 4.90. The van der Waals surface area contributed by atoms with Gasteiger partial charge < -0.3 is 14.4 Å². The van der Waals surface area contributed by atoms with Gasteiger partial charge in [0.05, 0.1) is 20.3 Å². The molecular weight excluding hydrogens is 322 g/mol. The van der Waals surface area contributed by atoms with Crippen molar-refractivity contribution in [2.45, 2.75) is 32.2 Å². The molecule has 0 saturated heterocycles. The Morgan fingerprint density at radius 2 is 1.84 bits per heavy atom. The van der Waals surface area contributed by atoms with Crippen LogP contribution in [-0.2, 0) is 16.0 Å². The predicted octanol–water partition coefficient (Wildman–Crippen LogP) is 1.76. The van der Waals surface area contributed by atoms with Crippen molar-refractivity contribution in [1.29, 1.82) is 0 Å². The lowest BCUT2D eigenvalue weighted by Crippen LogP contribution is -2.44. The molecule has 1 aromatic carbocycles. The van der Waals surface area contributed by atoms with Gasteiger partial charge in [-0.2, -0.15) is 5.10 Å². The molecule has 134 valence electrons. The van der Waals surface area contributed by atoms with Gasteiger partial charge in [-0.3, -0.25) is 9.59 Å². The van der Waals surface area contributed by atoms with Crippen molar-refractivity contribution in [1.82, 2.24) is 9.91 Å². The molecule has 3 rings (SSSR count). The van der Waals surface area contributed by atoms with Crippen molar-refractivity contribution in [3.05, 3.63) is 23.3 Å². The number of carbonyl (C=O) groups excluding carboxylic acids is 2. The van der Waals surface area contributed by atoms with Gasteiger partial charge in [-0.15, -0.1) is 0 Å². The molecule has 2 aliphatic rings. The van der Waals surface area contributed by atoms with Crippen LogP contribution >= 0.6 is 0 Å². The maximum absolute atomic E-state index is 12.9. The molecule has 1 unspecified atom stereocenters. The summed E-state index contributed by atoms with van der Waals surface area (Å²) >= 11 is 0. The van der Waals surface area contributed by atoms with Crippen LogP contribution in [0.25, 0.3) is 0 Å². The van der Waals surface area contributed by atoms with Crippen molar-refractivity contribution in [3.63, 3.8) is 0 Å². The van der Waals surface area contributed by atoms with Gasteiger partial charge in [-0.1, -0.05) is 0 Å². The Labute approximate surface area is 147 Å². The molecule has 2 heterocycles. The second-order valence-corrected chi connectivity index (χ2v) is 6.29. The summed E-state index contributed by atoms with van der Waals surface area (Å²) in [5.74, 6) is 1.19. The monoisotopic (exact) mass is 345 g/mol. The highest BCUT2D eigenvalue weighted by Crippen LogP contribution is 2.38. The van der Waals surface area contributed by atoms with E-state index in [2.05, 4.69) is 5.10 Å². The van der Waals surface area contributed by atoms with Gasteiger partial charge in [0.15, 0.2) is 11.5 Å². The van der Waals surface area contributed by atoms with Gasteiger partial charge in [0.25, 0.3) is 5.91 Å². The van der Waals surface area contributed by atoms with E-state index in [1.165, 1.54) is 5.01 Å². The largest absolute Gasteiger partial charge is 0.493 e. The zero-order valence-corrected chi connectivity index (χ0v) is 15.0. The quantitative estimate of drug-likeness (QED) is 0.837. The highest BCUT2D eigenvalue weighted by molar-refractivity contribution is 6.39. The van der Waals surface area contributed by atoms with Crippen molar-refractivity contribution in [2.24, 2.45) is 5.10 Å². The molecule has 0 N–H and O–H groups in total. The van der Waals surface area contributed by atoms with E-state index in [-0.39, 0.29) is 17.9 Å². The van der Waals surface area contributed by atoms with Gasteiger partial charge in [-0.05, 0) is 36.6 Å². The minimum atomic E-state index is -0.104. The fraction of sp³-hybridized carbons (Fsp3) is 0.500. The van der Waals surface area contributed by atoms with Gasteiger partial charge in [0.1, 0.15) is 5.71 Å². The summed E-state index contributed by atoms with van der Waals surface area (Å²) in [6.45, 7) is 2.61. The second-order valence-electron chi connectivity index (χ2n) is 6.29. The highest BCUT2D eigenvalue weighted by Gasteiger charge is 2.33. The van der Waals surface area contributed by atoms with Crippen LogP contribution in [-0.4, -0.2) is 55.2 Å². The highest BCUT2D eigenvalue weighted by atomic mass is 16.5. The molecule has 1 aromatic rings. The minimum absolute atomic E-state index is 0.0644. The summed E-state index contributed by atoms with van der Waals surface area (Å²) in [6.07, 6.45) is 1.46. The van der Waals surface area contributed by atoms with E-state index in [0.717, 1.165) is 17.5 Å². The first-order valence-corrected chi connectivity index (χ1v) is 8.36. The lowest BCUT2D eigenvalue weighted by atomic mass is 9.92. The normalized spacial score (nSPS) is 20.1. The molecule has 7 heteroatoms. The Kier molecular flexibility index (Phi) is 4.65. The number of fused-ring (bicyclic) bond motifs is 1. The SMILES string of the molecule is COc1cc2c(cc1OC)C(C)N(C(=O)C1=NN(C)C(=O)CC1)CC2. The van der Waals surface area contributed by atoms with Crippen LogP contribution in [0.4, 0.5) is 0 Å². The Bertz CT molecular complexity index is 744. The smallest absolute Gasteiger partial charge is 0.270 e. The van der Waals surface area contributed by atoms with E-state index >= 15 is 0 Å². The molecule has 0 radical (unpaired) electrons. The molecule has 2 aliphatic heterocycles. The Morgan fingerprint density at radius 1 is 1.16 bits per heavy atom. The molecule has 0 bridgehead atoms. The Balaban J connectivity index is 1.88. The topological polar surface area (TPSA) is 71.4 Å². The number of hydrogen-bond acceptors (Lipinski definition) is 5. The van der Waals surface area contributed by atoms with Crippen LogP contribution in [0.1, 0.15) is 36.9 Å². The summed E-state index contributed by atoms with van der Waals surface area (Å²) in [5.41, 5.74) is 2.66. The molecule has 0 fully saturated rings. The standard InChI is InChI=1S/C18H23N3O4/c1-11-13-10-16(25-4)15(24-3)9-12(13)7-8-21(11)18(23)14-5-6-17(22)20(2)19-14/h9-11H,5-8H2,1-4H3. The van der Waals surface area contributed by atoms with Gasteiger partial charge in [-0.25, -0.2) is 5.01 Å². The molecule has 25 heavy (non-hydrogen) atoms. The van der Waals surface area contributed by atoms with Crippen LogP contribution in [0.2, 0.25) is 0 Å². The molecule has 0 aliphatic carbocycles. The third kappa shape index (κ3) is 3.06. The van der Waals surface area contributed by atoms with Gasteiger partial charge in [0.2, 0.25) is 5.91 Å². The zero-order chi connectivity index (χ0) is 18.1. The van der Waals surface area contributed by atoms with Crippen molar-refractivity contribution >= 4 is 17.5 Å². The summed E-state index contributed by atoms with van der Waals surface area (Å²) in [6, 6.07) is 3.83. The molecule has 1 atom stereocenters. The molecular formula is C18H23N3O4. The average molecular weight is 345 g/mol. The first-order valence-electron chi connectivity index (χ1n) is 8.36. The first-order chi connectivity index (χ1) is 12.0. The van der Waals surface area contributed by atoms with E-state index in [0.29, 0.717) is 36.6 Å². The van der Waals surface area contributed by atoms with Crippen molar-refractivity contribution in [2.75, 3.05) is 27.8 Å². The molecule has 7 nitrogen and oxygen atoms in total. The number of ether oxygens (including phenoxy) is 2. The van der Waals surface area contributed by atoms with Crippen LogP contribution in [0, 0.1) is 0 Å². The van der Waals surface area contributed by atoms with Gasteiger partial charge in [0, 0.05) is 26.4 Å². The maximum atomic E-state index is 12.9. The van der Waals surface area contributed by atoms with Crippen LogP contribution in [0.5, 0.6) is 11.5 Å². The lowest BCUT2D eigenvalue weighted by Gasteiger charge is -2.36. The summed E-state index contributed by atoms with van der Waals surface area (Å²) in [5, 5.41) is 5.41. The minimum Gasteiger partial charge on any atom is -0.493 e. The zero-order valence-electron chi connectivity index (χ0n) is 15.0. The van der Waals surface area contributed by atoms with E-state index < -0.39 is 0 Å². The Morgan fingerprint density at radius 3 is 2.48 bits per heavy atom. The van der Waals surface area contributed by atoms with E-state index in [1.54, 1.807) is 21.3 Å². The molecule has 0 saturated carbocycles. The van der Waals surface area contributed by atoms with Crippen LogP contribution < -0.4 is 9.47 Å². The number of methoxy groups -OCH3 is 2. The number of rotatable bonds is 3. The Hall–Kier alpha value is -2.57. The number of hydrazone groups is 1. The van der Waals surface area contributed by atoms with Crippen LogP contribution in [0.3, 0.4) is 0 Å². The number of carbonyl (C=O) groups is 2. The van der Waals surface area contributed by atoms with E-state index in [9.17, 15) is 9.59 Å². The number of amides is 2. The molecule has 2 amide bonds. The van der Waals surface area contributed by atoms with Crippen molar-refractivity contribution < 1.29 is 19.1 Å². The summed E-state index contributed by atoms with van der Waals surface area (Å²) < 4.78 is 10.8. The van der Waals surface area contributed by atoms with E-state index in [4.69, 9.17) is 9.47 Å². The number of hydrogen-bond donors (Lipinski definition) is 0. The maximum Gasteiger partial charge on any atom is 0.270 e. The fourth-order valence-corrected chi connectivity index (χ4v) is 3.41. The third-order valence-corrected chi connectivity index (χ3v) is 4.90. The average Bonchev–Trinajstić information content (AvgIpc) is 2.62. The van der Waals surface area contributed by atoms with Crippen molar-refractivity contribution in [3.8, 4) is 11.5 Å². The fourth-order valence-electron chi connectivity index (χ4n) is 3.41. The summed E-state index contributed by atoms with van der Waals surface area (Å²) in [4.78, 5) is 26.3. The number of nitrogens with zero attached hydrogens (tertiary/aromatic N) is 3. The van der Waals surface area contributed by atoms with Crippen LogP contribution in [0.15, 0.2) is 17.2 Å². The molecule has 0 spiro atoms. The lowest BCUT2D eigenvalue weighted by molar-refractivity contribution is -0.131. The predicted molar refractivity (Wildman–Crippen MR) is 92.8 cm³/mol. The second kappa shape index (κ2) is 6.74. The molecule has 0 aromatic heterocycles. The van der Waals surface area contributed by atoms with Gasteiger partial charge >= 0.3 is 0 Å².